The molecule has 0 heterocycles. The van der Waals surface area contributed by atoms with Crippen LogP contribution in [0.1, 0.15) is 67.3 Å². The normalized spacial score (nSPS) is 17.1. The van der Waals surface area contributed by atoms with E-state index in [0.29, 0.717) is 74.3 Å². The van der Waals surface area contributed by atoms with Crippen molar-refractivity contribution in [3.05, 3.63) is 88.5 Å². The van der Waals surface area contributed by atoms with Crippen LogP contribution in [0.25, 0.3) is 0 Å². The van der Waals surface area contributed by atoms with Crippen LogP contribution < -0.4 is 14.5 Å². The van der Waals surface area contributed by atoms with E-state index < -0.39 is 54.0 Å². The maximum Gasteiger partial charge on any atom is 0.573 e. The Balaban J connectivity index is 1.77. The number of carboxylic acids is 1. The molecule has 4 rings (SSSR count). The van der Waals surface area contributed by atoms with Gasteiger partial charge in [-0.2, -0.15) is 26.3 Å². The van der Waals surface area contributed by atoms with Crippen molar-refractivity contribution in [3.8, 4) is 5.75 Å². The standard InChI is InChI=1S/C35H37F9N2O3/c1-3-22-7-11-29(12-8-22)46(20-24-15-27(33(36,37)38)18-28(16-24)34(39,40)41)21-26-17-30(49-35(42,43)44)13-14-31(26)45(4-2)19-23-5-9-25(10-6-23)32(47)48/h7-8,11-18,23,25H,3-6,9-10,19-21H2,1-2H3,(H,47,48). The first kappa shape index (κ1) is 37.7. The lowest BCUT2D eigenvalue weighted by Crippen LogP contribution is -2.34. The summed E-state index contributed by atoms with van der Waals surface area (Å²) >= 11 is 0. The predicted molar refractivity (Wildman–Crippen MR) is 166 cm³/mol. The zero-order valence-electron chi connectivity index (χ0n) is 26.9. The van der Waals surface area contributed by atoms with Crippen molar-refractivity contribution in [1.29, 1.82) is 0 Å². The summed E-state index contributed by atoms with van der Waals surface area (Å²) in [4.78, 5) is 14.9. The van der Waals surface area contributed by atoms with Crippen LogP contribution in [0.15, 0.2) is 60.7 Å². The van der Waals surface area contributed by atoms with Gasteiger partial charge < -0.3 is 19.6 Å². The molecule has 1 fully saturated rings. The number of ether oxygens (including phenoxy) is 1. The topological polar surface area (TPSA) is 53.0 Å². The molecule has 0 aromatic heterocycles. The van der Waals surface area contributed by atoms with Gasteiger partial charge in [-0.3, -0.25) is 4.79 Å². The molecule has 1 aliphatic rings. The van der Waals surface area contributed by atoms with Gasteiger partial charge >= 0.3 is 24.7 Å². The number of rotatable bonds is 12. The summed E-state index contributed by atoms with van der Waals surface area (Å²) in [6, 6.07) is 11.9. The van der Waals surface area contributed by atoms with Gasteiger partial charge in [-0.05, 0) is 110 Å². The average molecular weight is 705 g/mol. The van der Waals surface area contributed by atoms with Crippen LogP contribution in [-0.4, -0.2) is 30.5 Å². The third kappa shape index (κ3) is 10.4. The molecule has 0 saturated heterocycles. The lowest BCUT2D eigenvalue weighted by molar-refractivity contribution is -0.274. The van der Waals surface area contributed by atoms with E-state index in [-0.39, 0.29) is 24.1 Å². The Morgan fingerprint density at radius 1 is 0.755 bits per heavy atom. The molecule has 5 nitrogen and oxygen atoms in total. The van der Waals surface area contributed by atoms with Crippen molar-refractivity contribution < 1.29 is 54.2 Å². The molecule has 0 atom stereocenters. The Labute approximate surface area is 278 Å². The van der Waals surface area contributed by atoms with Gasteiger partial charge in [0.2, 0.25) is 0 Å². The summed E-state index contributed by atoms with van der Waals surface area (Å²) in [5.74, 6) is -1.74. The van der Waals surface area contributed by atoms with Gasteiger partial charge in [0, 0.05) is 37.6 Å². The van der Waals surface area contributed by atoms with Crippen LogP contribution in [-0.2, 0) is 36.7 Å². The minimum atomic E-state index is -5.06. The van der Waals surface area contributed by atoms with Crippen LogP contribution in [0, 0.1) is 11.8 Å². The molecule has 0 radical (unpaired) electrons. The highest BCUT2D eigenvalue weighted by Crippen LogP contribution is 2.38. The number of hydrogen-bond acceptors (Lipinski definition) is 4. The van der Waals surface area contributed by atoms with E-state index in [4.69, 9.17) is 0 Å². The van der Waals surface area contributed by atoms with Crippen molar-refractivity contribution in [2.24, 2.45) is 11.8 Å². The molecule has 14 heteroatoms. The number of alkyl halides is 9. The van der Waals surface area contributed by atoms with Crippen molar-refractivity contribution in [2.75, 3.05) is 22.9 Å². The Morgan fingerprint density at radius 3 is 1.84 bits per heavy atom. The number of hydrogen-bond donors (Lipinski definition) is 1. The first-order chi connectivity index (χ1) is 22.9. The molecule has 1 aliphatic carbocycles. The van der Waals surface area contributed by atoms with Gasteiger partial charge in [-0.25, -0.2) is 0 Å². The molecule has 3 aromatic rings. The third-order valence-electron chi connectivity index (χ3n) is 8.77. The summed E-state index contributed by atoms with van der Waals surface area (Å²) in [5.41, 5.74) is -1.11. The predicted octanol–water partition coefficient (Wildman–Crippen LogP) is 10.1. The van der Waals surface area contributed by atoms with Gasteiger partial charge in [-0.15, -0.1) is 13.2 Å². The van der Waals surface area contributed by atoms with Gasteiger partial charge in [-0.1, -0.05) is 19.1 Å². The zero-order valence-corrected chi connectivity index (χ0v) is 26.9. The Bertz CT molecular complexity index is 1530. The Hall–Kier alpha value is -4.10. The molecule has 268 valence electrons. The van der Waals surface area contributed by atoms with Crippen LogP contribution in [0.2, 0.25) is 0 Å². The second-order valence-corrected chi connectivity index (χ2v) is 12.2. The summed E-state index contributed by atoms with van der Waals surface area (Å²) in [7, 11) is 0. The highest BCUT2D eigenvalue weighted by atomic mass is 19.4. The fourth-order valence-electron chi connectivity index (χ4n) is 6.21. The molecule has 0 unspecified atom stereocenters. The fourth-order valence-corrected chi connectivity index (χ4v) is 6.21. The first-order valence-corrected chi connectivity index (χ1v) is 15.8. The highest BCUT2D eigenvalue weighted by Gasteiger charge is 2.37. The van der Waals surface area contributed by atoms with Crippen molar-refractivity contribution in [1.82, 2.24) is 0 Å². The molecule has 0 spiro atoms. The number of nitrogens with zero attached hydrogens (tertiary/aromatic N) is 2. The monoisotopic (exact) mass is 704 g/mol. The van der Waals surface area contributed by atoms with E-state index in [2.05, 4.69) is 4.74 Å². The van der Waals surface area contributed by atoms with Crippen LogP contribution >= 0.6 is 0 Å². The van der Waals surface area contributed by atoms with Crippen molar-refractivity contribution in [2.45, 2.75) is 77.8 Å². The molecule has 1 saturated carbocycles. The summed E-state index contributed by atoms with van der Waals surface area (Å²) in [6.07, 6.45) is -12.3. The molecule has 1 N–H and O–H groups in total. The van der Waals surface area contributed by atoms with Gasteiger partial charge in [0.15, 0.2) is 0 Å². The Morgan fingerprint density at radius 2 is 1.35 bits per heavy atom. The number of aliphatic carboxylic acids is 1. The highest BCUT2D eigenvalue weighted by molar-refractivity contribution is 5.70. The third-order valence-corrected chi connectivity index (χ3v) is 8.77. The van der Waals surface area contributed by atoms with Crippen LogP contribution in [0.4, 0.5) is 50.9 Å². The van der Waals surface area contributed by atoms with Gasteiger partial charge in [0.1, 0.15) is 5.75 Å². The quantitative estimate of drug-likeness (QED) is 0.190. The maximum atomic E-state index is 13.7. The molecule has 0 aliphatic heterocycles. The van der Waals surface area contributed by atoms with Gasteiger partial charge in [0.05, 0.1) is 17.0 Å². The molecule has 3 aromatic carbocycles. The first-order valence-electron chi connectivity index (χ1n) is 15.8. The molecule has 49 heavy (non-hydrogen) atoms. The van der Waals surface area contributed by atoms with E-state index >= 15 is 0 Å². The summed E-state index contributed by atoms with van der Waals surface area (Å²) in [5, 5.41) is 9.38. The number of carbonyl (C=O) groups is 1. The van der Waals surface area contributed by atoms with Crippen molar-refractivity contribution >= 4 is 17.3 Å². The summed E-state index contributed by atoms with van der Waals surface area (Å²) in [6.45, 7) is 3.99. The SMILES string of the molecule is CCc1ccc(N(Cc2cc(C(F)(F)F)cc(C(F)(F)F)c2)Cc2cc(OC(F)(F)F)ccc2N(CC)CC2CCC(C(=O)O)CC2)cc1. The Kier molecular flexibility index (Phi) is 11.7. The number of halogens is 9. The van der Waals surface area contributed by atoms with E-state index in [0.717, 1.165) is 11.6 Å². The number of benzene rings is 3. The number of aryl methyl sites for hydroxylation is 1. The van der Waals surface area contributed by atoms with Crippen LogP contribution in [0.3, 0.4) is 0 Å². The minimum absolute atomic E-state index is 0.0446. The average Bonchev–Trinajstić information content (AvgIpc) is 3.02. The maximum absolute atomic E-state index is 13.7. The molecular formula is C35H37F9N2O3. The molecule has 0 amide bonds. The van der Waals surface area contributed by atoms with Crippen LogP contribution in [0.5, 0.6) is 5.75 Å². The minimum Gasteiger partial charge on any atom is -0.481 e. The van der Waals surface area contributed by atoms with Crippen molar-refractivity contribution in [3.63, 3.8) is 0 Å². The lowest BCUT2D eigenvalue weighted by atomic mass is 9.81. The van der Waals surface area contributed by atoms with Gasteiger partial charge in [0.25, 0.3) is 0 Å². The molecular weight excluding hydrogens is 667 g/mol. The summed E-state index contributed by atoms with van der Waals surface area (Å²) < 4.78 is 126. The smallest absolute Gasteiger partial charge is 0.481 e. The number of anilines is 2. The zero-order chi connectivity index (χ0) is 36.1. The van der Waals surface area contributed by atoms with E-state index in [1.54, 1.807) is 24.3 Å². The van der Waals surface area contributed by atoms with E-state index in [1.165, 1.54) is 17.0 Å². The fraction of sp³-hybridized carbons (Fsp3) is 0.457. The second kappa shape index (κ2) is 15.2. The van der Waals surface area contributed by atoms with E-state index in [9.17, 15) is 49.4 Å². The lowest BCUT2D eigenvalue weighted by Gasteiger charge is -2.34. The largest absolute Gasteiger partial charge is 0.573 e. The second-order valence-electron chi connectivity index (χ2n) is 12.2. The number of carboxylic acid groups (broad SMARTS) is 1. The molecule has 0 bridgehead atoms. The van der Waals surface area contributed by atoms with E-state index in [1.807, 2.05) is 18.7 Å².